The minimum Gasteiger partial charge on any atom is -0.508 e. The molecular formula is C60H74F2N10O7. The van der Waals surface area contributed by atoms with E-state index in [1.165, 1.54) is 30.7 Å². The van der Waals surface area contributed by atoms with Crippen LogP contribution in [0.1, 0.15) is 107 Å². The minimum absolute atomic E-state index is 0.0143. The summed E-state index contributed by atoms with van der Waals surface area (Å²) in [5.41, 5.74) is 4.66. The van der Waals surface area contributed by atoms with Crippen molar-refractivity contribution in [3.8, 4) is 23.0 Å². The van der Waals surface area contributed by atoms with E-state index in [1.807, 2.05) is 23.6 Å². The summed E-state index contributed by atoms with van der Waals surface area (Å²) in [6.07, 6.45) is 13.5. The van der Waals surface area contributed by atoms with Crippen LogP contribution in [0.2, 0.25) is 0 Å². The first kappa shape index (κ1) is 54.4. The van der Waals surface area contributed by atoms with Crippen LogP contribution in [-0.2, 0) is 43.7 Å². The zero-order chi connectivity index (χ0) is 55.0. The number of rotatable bonds is 9. The zero-order valence-electron chi connectivity index (χ0n) is 46.1. The number of halogens is 2. The van der Waals surface area contributed by atoms with Crippen LogP contribution in [0.25, 0.3) is 43.8 Å². The topological polar surface area (TPSA) is 181 Å². The van der Waals surface area contributed by atoms with Crippen LogP contribution in [-0.4, -0.2) is 149 Å². The van der Waals surface area contributed by atoms with Gasteiger partial charge in [-0.25, -0.2) is 13.8 Å². The van der Waals surface area contributed by atoms with Gasteiger partial charge in [0.1, 0.15) is 35.2 Å². The van der Waals surface area contributed by atoms with Crippen molar-refractivity contribution >= 4 is 62.3 Å². The molecule has 420 valence electrons. The Morgan fingerprint density at radius 1 is 0.861 bits per heavy atom. The molecule has 3 aromatic heterocycles. The second-order valence-corrected chi connectivity index (χ2v) is 22.7. The van der Waals surface area contributed by atoms with E-state index in [9.17, 15) is 19.5 Å². The van der Waals surface area contributed by atoms with Crippen LogP contribution in [0, 0.1) is 23.5 Å². The fourth-order valence-corrected chi connectivity index (χ4v) is 14.0. The van der Waals surface area contributed by atoms with Gasteiger partial charge in [-0.3, -0.25) is 29.3 Å². The third-order valence-corrected chi connectivity index (χ3v) is 18.0. The average Bonchev–Trinajstić information content (AvgIpc) is 4.29. The van der Waals surface area contributed by atoms with E-state index < -0.39 is 5.82 Å². The number of piperidine rings is 3. The van der Waals surface area contributed by atoms with Gasteiger partial charge in [-0.05, 0) is 161 Å². The van der Waals surface area contributed by atoms with E-state index in [-0.39, 0.29) is 58.1 Å². The van der Waals surface area contributed by atoms with E-state index >= 15 is 8.78 Å². The molecule has 2 atom stereocenters. The number of ether oxygens (including phenoxy) is 3. The molecule has 17 nitrogen and oxygen atoms in total. The number of carbonyl (C=O) groups excluding carboxylic acids is 3. The fourth-order valence-electron chi connectivity index (χ4n) is 14.0. The van der Waals surface area contributed by atoms with Gasteiger partial charge in [0, 0.05) is 83.7 Å². The molecule has 0 saturated carbocycles. The molecule has 6 fully saturated rings. The van der Waals surface area contributed by atoms with E-state index in [0.29, 0.717) is 84.3 Å². The Kier molecular flexibility index (Phi) is 16.0. The summed E-state index contributed by atoms with van der Waals surface area (Å²) >= 11 is 0. The Morgan fingerprint density at radius 3 is 2.33 bits per heavy atom. The Morgan fingerprint density at radius 2 is 1.61 bits per heavy atom. The summed E-state index contributed by atoms with van der Waals surface area (Å²) in [5.74, 6) is 0.278. The third-order valence-electron chi connectivity index (χ3n) is 18.0. The van der Waals surface area contributed by atoms with Crippen LogP contribution >= 0.6 is 0 Å². The first-order valence-electron chi connectivity index (χ1n) is 28.6. The molecule has 3 amide bonds. The van der Waals surface area contributed by atoms with Gasteiger partial charge in [-0.15, -0.1) is 0 Å². The van der Waals surface area contributed by atoms with Crippen LogP contribution in [0.5, 0.6) is 11.8 Å². The normalized spacial score (nSPS) is 21.7. The lowest BCUT2D eigenvalue weighted by atomic mass is 9.79. The highest BCUT2D eigenvalue weighted by Gasteiger charge is 2.45. The maximum atomic E-state index is 17.0. The smallest absolute Gasteiger partial charge is 0.319 e. The average molecular weight is 1090 g/mol. The Bertz CT molecular complexity index is 3240. The predicted octanol–water partition coefficient (Wildman–Crippen LogP) is 8.38. The number of amides is 3. The molecule has 0 aliphatic carbocycles. The number of hydrogen-bond acceptors (Lipinski definition) is 14. The highest BCUT2D eigenvalue weighted by molar-refractivity contribution is 6.04. The molecule has 13 rings (SSSR count). The van der Waals surface area contributed by atoms with Crippen LogP contribution < -0.4 is 19.9 Å². The van der Waals surface area contributed by atoms with Gasteiger partial charge < -0.3 is 34.0 Å². The monoisotopic (exact) mass is 1080 g/mol. The lowest BCUT2D eigenvalue weighted by Crippen LogP contribution is -2.43. The molecule has 0 spiro atoms. The van der Waals surface area contributed by atoms with Gasteiger partial charge in [-0.1, -0.05) is 13.0 Å². The molecule has 0 bridgehead atoms. The molecule has 3 aromatic carbocycles. The predicted molar refractivity (Wildman–Crippen MR) is 298 cm³/mol. The van der Waals surface area contributed by atoms with Crippen LogP contribution in [0.15, 0.2) is 42.5 Å². The van der Waals surface area contributed by atoms with Crippen molar-refractivity contribution in [1.29, 1.82) is 0 Å². The standard InChI is InChI=1S/C34H37F2N5O3.C24H31N5O3.C2H6O/c1-2-23-25(35)8-6-20-16-22(42)17-24(27(20)23)30-29(36)31-28-26(37-30)9-7-21-18-43-15-5-14-41(21)32(28)39-33(38-31)44-19-34-10-3-12-40(34)13-4-11-34;1-27-21-14-18(2-3-19(21)23(26-27)20-4-5-22(31)25-24(20)32)29-12-8-17(9-13-29)16-6-10-28(15-30)11-7-16;1-3-2/h6,8,16-17,21,42H,2-5,7,9-15,18-19H2,1H3;2-3,14-17,20H,4-13H2,1H3,(H,25,31,32);1-2H3. The summed E-state index contributed by atoms with van der Waals surface area (Å²) in [4.78, 5) is 58.5. The summed E-state index contributed by atoms with van der Waals surface area (Å²) in [6.45, 7) is 10.3. The number of nitrogens with one attached hydrogen (secondary N) is 1. The first-order valence-corrected chi connectivity index (χ1v) is 28.6. The molecule has 19 heteroatoms. The fraction of sp³-hybridized carbons (Fsp3) is 0.550. The van der Waals surface area contributed by atoms with E-state index in [2.05, 4.69) is 48.1 Å². The molecule has 2 unspecified atom stereocenters. The quantitative estimate of drug-likeness (QED) is 0.104. The van der Waals surface area contributed by atoms with Crippen molar-refractivity contribution in [1.82, 2.24) is 39.8 Å². The number of phenols is 1. The number of hydrogen-bond donors (Lipinski definition) is 2. The zero-order valence-corrected chi connectivity index (χ0v) is 46.1. The molecule has 10 heterocycles. The SMILES string of the molecule is CCc1c(F)ccc2cc(O)cc(-c3nc4c5c(nc(OCC67CCCN6CCC7)nc5c3F)N3CCCOCC3CC4)c12.COC.Cn1nc(C2CCC(=O)NC2=O)c2ccc(N3CCC(C4CCN(C=O)CC4)CC3)cc21. The Balaban J connectivity index is 0.000000167. The van der Waals surface area contributed by atoms with Crippen molar-refractivity contribution in [2.75, 3.05) is 89.7 Å². The van der Waals surface area contributed by atoms with Crippen LogP contribution in [0.3, 0.4) is 0 Å². The van der Waals surface area contributed by atoms with Crippen LogP contribution in [0.4, 0.5) is 20.3 Å². The maximum Gasteiger partial charge on any atom is 0.319 e. The molecule has 7 aliphatic heterocycles. The molecular weight excluding hydrogens is 1010 g/mol. The minimum atomic E-state index is -0.624. The highest BCUT2D eigenvalue weighted by Crippen LogP contribution is 2.44. The van der Waals surface area contributed by atoms with Crippen molar-refractivity contribution in [2.45, 2.75) is 114 Å². The third kappa shape index (κ3) is 10.7. The lowest BCUT2D eigenvalue weighted by molar-refractivity contribution is -0.134. The van der Waals surface area contributed by atoms with Crippen molar-refractivity contribution < 1.29 is 42.5 Å². The number of methoxy groups -OCH3 is 1. The number of aromatic hydroxyl groups is 1. The number of carbonyl (C=O) groups is 3. The number of aromatic nitrogens is 5. The van der Waals surface area contributed by atoms with Gasteiger partial charge in [0.25, 0.3) is 0 Å². The second-order valence-electron chi connectivity index (χ2n) is 22.7. The Labute approximate surface area is 460 Å². The lowest BCUT2D eigenvalue weighted by Gasteiger charge is -2.40. The second kappa shape index (κ2) is 23.3. The number of phenolic OH excluding ortho intramolecular Hbond substituents is 1. The molecule has 7 aliphatic rings. The molecule has 79 heavy (non-hydrogen) atoms. The van der Waals surface area contributed by atoms with Gasteiger partial charge in [0.05, 0.1) is 46.4 Å². The number of anilines is 2. The molecule has 6 saturated heterocycles. The number of likely N-dealkylation sites (tertiary alicyclic amines) is 1. The van der Waals surface area contributed by atoms with Gasteiger partial charge in [0.15, 0.2) is 5.82 Å². The summed E-state index contributed by atoms with van der Waals surface area (Å²) < 4.78 is 50.5. The number of aryl methyl sites for hydroxylation is 3. The van der Waals surface area contributed by atoms with E-state index in [0.717, 1.165) is 132 Å². The molecule has 2 N–H and O–H groups in total. The largest absolute Gasteiger partial charge is 0.508 e. The summed E-state index contributed by atoms with van der Waals surface area (Å²) in [5, 5.41) is 20.5. The number of imide groups is 1. The van der Waals surface area contributed by atoms with E-state index in [1.54, 1.807) is 26.4 Å². The summed E-state index contributed by atoms with van der Waals surface area (Å²) in [6, 6.07) is 12.7. The first-order chi connectivity index (χ1) is 38.4. The van der Waals surface area contributed by atoms with Crippen molar-refractivity contribution in [3.63, 3.8) is 0 Å². The van der Waals surface area contributed by atoms with Gasteiger partial charge >= 0.3 is 6.01 Å². The van der Waals surface area contributed by atoms with Gasteiger partial charge in [-0.2, -0.15) is 15.1 Å². The number of pyridine rings is 1. The molecule has 6 aromatic rings. The maximum absolute atomic E-state index is 17.0. The number of nitrogens with zero attached hydrogens (tertiary/aromatic N) is 9. The van der Waals surface area contributed by atoms with Crippen molar-refractivity contribution in [3.05, 3.63) is 71.1 Å². The van der Waals surface area contributed by atoms with Crippen molar-refractivity contribution in [2.24, 2.45) is 18.9 Å². The van der Waals surface area contributed by atoms with E-state index in [4.69, 9.17) is 24.4 Å². The number of fused-ring (bicyclic) bond motifs is 5. The van der Waals surface area contributed by atoms with Gasteiger partial charge in [0.2, 0.25) is 18.2 Å². The number of benzene rings is 3. The Hall–Kier alpha value is -6.57. The highest BCUT2D eigenvalue weighted by atomic mass is 19.1. The summed E-state index contributed by atoms with van der Waals surface area (Å²) in [7, 11) is 5.17. The molecule has 0 radical (unpaired) electrons.